The van der Waals surface area contributed by atoms with Crippen molar-refractivity contribution in [3.05, 3.63) is 140 Å². The summed E-state index contributed by atoms with van der Waals surface area (Å²) in [6.07, 6.45) is 52.0. The van der Waals surface area contributed by atoms with Crippen molar-refractivity contribution in [1.29, 1.82) is 0 Å². The summed E-state index contributed by atoms with van der Waals surface area (Å²) in [5.74, 6) is 0. The van der Waals surface area contributed by atoms with Gasteiger partial charge < -0.3 is 14.7 Å². The van der Waals surface area contributed by atoms with Crippen LogP contribution < -0.4 is 0 Å². The number of hydrogen-bond donors (Lipinski definition) is 3. The molecule has 1 atom stereocenters. The Morgan fingerprint density at radius 3 is 0.652 bits per heavy atom. The fourth-order valence-corrected chi connectivity index (χ4v) is 9.13. The van der Waals surface area contributed by atoms with Gasteiger partial charge in [-0.15, -0.1) is 0 Å². The van der Waals surface area contributed by atoms with E-state index >= 15 is 0 Å². The average molecular weight is 995 g/mol. The first-order valence-electron chi connectivity index (χ1n) is 26.1. The van der Waals surface area contributed by atoms with Crippen LogP contribution in [0.2, 0.25) is 0 Å². The fourth-order valence-electron chi connectivity index (χ4n) is 7.61. The van der Waals surface area contributed by atoms with E-state index in [0.717, 1.165) is 134 Å². The van der Waals surface area contributed by atoms with E-state index in [1.54, 1.807) is 6.08 Å². The molecular weight excluding hydrogens is 895 g/mol. The number of allylic oxidation sites excluding steroid dienone is 23. The lowest BCUT2D eigenvalue weighted by Crippen LogP contribution is -1.94. The molecule has 0 aliphatic heterocycles. The van der Waals surface area contributed by atoms with E-state index in [1.165, 1.54) is 74.1 Å². The normalized spacial score (nSPS) is 15.9. The molecule has 0 saturated heterocycles. The minimum absolute atomic E-state index is 0.274. The van der Waals surface area contributed by atoms with Gasteiger partial charge in [-0.2, -0.15) is 4.31 Å². The molecule has 0 aromatic rings. The molecule has 0 aliphatic rings. The molecule has 0 spiro atoms. The maximum atomic E-state index is 11.5. The van der Waals surface area contributed by atoms with Gasteiger partial charge in [-0.3, -0.25) is 4.52 Å². The van der Waals surface area contributed by atoms with Crippen LogP contribution in [-0.4, -0.2) is 21.3 Å². The zero-order valence-corrected chi connectivity index (χ0v) is 47.8. The molecule has 69 heavy (non-hydrogen) atoms. The minimum Gasteiger partial charge on any atom is -0.302 e. The lowest BCUT2D eigenvalue weighted by molar-refractivity contribution is 0.191. The zero-order valence-electron chi connectivity index (χ0n) is 46.1. The highest BCUT2D eigenvalue weighted by atomic mass is 31.3. The first-order chi connectivity index (χ1) is 32.5. The standard InChI is InChI=1S/C60H100O7P2/c1-49(2)25-14-26-50(3)27-15-28-51(4)29-16-30-52(5)31-17-32-53(6)33-18-34-54(7)35-19-36-55(8)37-20-38-56(9)39-21-40-57(10)41-22-42-58(11)43-23-44-59(12)45-24-46-60(13)47-48-66-69(64,65)67-68(61,62)63/h25,27,29,31,33,35,37,39,41,43,45,47H,14-24,26,28,30,32,34,36,38,40,42,44,46,48H2,1-13H3,(H,64,65)(H2,61,62,63)/b50-27+,51-29+,52-31+,53-33+,54-35+,55-37+,56-39+,57-41+,58-43+,59-45+,60-47+. The third-order valence-electron chi connectivity index (χ3n) is 12.3. The van der Waals surface area contributed by atoms with Gasteiger partial charge in [0.2, 0.25) is 0 Å². The van der Waals surface area contributed by atoms with Gasteiger partial charge in [0.15, 0.2) is 0 Å². The van der Waals surface area contributed by atoms with Crippen molar-refractivity contribution in [1.82, 2.24) is 0 Å². The van der Waals surface area contributed by atoms with Gasteiger partial charge in [0.05, 0.1) is 6.61 Å². The Bertz CT molecular complexity index is 1960. The number of hydrogen-bond acceptors (Lipinski definition) is 4. The van der Waals surface area contributed by atoms with Gasteiger partial charge in [0, 0.05) is 0 Å². The van der Waals surface area contributed by atoms with Crippen LogP contribution in [0.1, 0.15) is 231 Å². The van der Waals surface area contributed by atoms with Gasteiger partial charge >= 0.3 is 15.6 Å². The number of rotatable bonds is 38. The molecule has 0 radical (unpaired) electrons. The molecule has 3 N–H and O–H groups in total. The molecule has 0 saturated carbocycles. The topological polar surface area (TPSA) is 113 Å². The highest BCUT2D eigenvalue weighted by molar-refractivity contribution is 7.60. The second kappa shape index (κ2) is 39.7. The van der Waals surface area contributed by atoms with Gasteiger partial charge in [-0.05, 0) is 231 Å². The molecule has 0 aromatic heterocycles. The first kappa shape index (κ1) is 66.1. The molecular formula is C60H100O7P2. The van der Waals surface area contributed by atoms with Crippen molar-refractivity contribution in [2.75, 3.05) is 6.61 Å². The number of phosphoric acid groups is 2. The summed E-state index contributed by atoms with van der Waals surface area (Å²) in [7, 11) is -9.92. The maximum absolute atomic E-state index is 11.5. The van der Waals surface area contributed by atoms with Crippen LogP contribution in [0.15, 0.2) is 140 Å². The molecule has 7 nitrogen and oxygen atoms in total. The number of phosphoric ester groups is 1. The van der Waals surface area contributed by atoms with Crippen LogP contribution in [0.5, 0.6) is 0 Å². The summed E-state index contributed by atoms with van der Waals surface area (Å²) in [4.78, 5) is 26.7. The molecule has 9 heteroatoms. The highest BCUT2D eigenvalue weighted by Crippen LogP contribution is 2.57. The van der Waals surface area contributed by atoms with E-state index in [4.69, 9.17) is 9.79 Å². The molecule has 0 fully saturated rings. The van der Waals surface area contributed by atoms with Crippen LogP contribution in [-0.2, 0) is 18.0 Å². The Kier molecular flexibility index (Phi) is 38.1. The second-order valence-corrected chi connectivity index (χ2v) is 22.9. The molecule has 0 bridgehead atoms. The van der Waals surface area contributed by atoms with Crippen molar-refractivity contribution < 1.29 is 32.6 Å². The Morgan fingerprint density at radius 2 is 0.478 bits per heavy atom. The third kappa shape index (κ3) is 44.8. The van der Waals surface area contributed by atoms with E-state index in [-0.39, 0.29) is 6.61 Å². The lowest BCUT2D eigenvalue weighted by Gasteiger charge is -2.11. The summed E-state index contributed by atoms with van der Waals surface area (Å²) in [5.41, 5.74) is 17.1. The van der Waals surface area contributed by atoms with Crippen molar-refractivity contribution in [2.24, 2.45) is 0 Å². The molecule has 1 unspecified atom stereocenters. The summed E-state index contributed by atoms with van der Waals surface area (Å²) >= 11 is 0. The van der Waals surface area contributed by atoms with E-state index in [0.29, 0.717) is 0 Å². The Morgan fingerprint density at radius 1 is 0.304 bits per heavy atom. The van der Waals surface area contributed by atoms with Crippen LogP contribution in [0.25, 0.3) is 0 Å². The highest BCUT2D eigenvalue weighted by Gasteiger charge is 2.31. The minimum atomic E-state index is -5.11. The van der Waals surface area contributed by atoms with Crippen LogP contribution in [0, 0.1) is 0 Å². The summed E-state index contributed by atoms with van der Waals surface area (Å²) in [6.45, 7) is 28.6. The van der Waals surface area contributed by atoms with Crippen molar-refractivity contribution in [3.63, 3.8) is 0 Å². The predicted molar refractivity (Wildman–Crippen MR) is 301 cm³/mol. The first-order valence-corrected chi connectivity index (χ1v) is 29.1. The molecule has 0 amide bonds. The van der Waals surface area contributed by atoms with E-state index in [2.05, 4.69) is 159 Å². The quantitative estimate of drug-likeness (QED) is 0.0417. The van der Waals surface area contributed by atoms with E-state index < -0.39 is 15.6 Å². The summed E-state index contributed by atoms with van der Waals surface area (Å²) in [5, 5.41) is 0. The summed E-state index contributed by atoms with van der Waals surface area (Å²) < 4.78 is 30.7. The average Bonchev–Trinajstić information content (AvgIpc) is 3.22. The zero-order chi connectivity index (χ0) is 52.1. The van der Waals surface area contributed by atoms with Crippen LogP contribution in [0.4, 0.5) is 0 Å². The van der Waals surface area contributed by atoms with Gasteiger partial charge in [-0.25, -0.2) is 9.13 Å². The smallest absolute Gasteiger partial charge is 0.302 e. The molecule has 392 valence electrons. The maximum Gasteiger partial charge on any atom is 0.481 e. The Balaban J connectivity index is 4.32. The second-order valence-electron chi connectivity index (χ2n) is 20.1. The predicted octanol–water partition coefficient (Wildman–Crippen LogP) is 20.2. The molecule has 0 aliphatic carbocycles. The van der Waals surface area contributed by atoms with Crippen LogP contribution in [0.3, 0.4) is 0 Å². The molecule has 0 rings (SSSR count). The largest absolute Gasteiger partial charge is 0.481 e. The molecule has 0 heterocycles. The van der Waals surface area contributed by atoms with Crippen molar-refractivity contribution >= 4 is 15.6 Å². The SMILES string of the molecule is CC(C)=CCC/C(C)=C/CC/C(C)=C/CC/C(C)=C/CC/C(C)=C/CC/C(C)=C/CC/C(C)=C/CC/C(C)=C/CC/C(C)=C/CC/C(C)=C/CC/C(C)=C/CC/C(C)=C/COP(=O)(O)OP(=O)(O)O. The fraction of sp³-hybridized carbons (Fsp3) is 0.600. The monoisotopic (exact) mass is 995 g/mol. The van der Waals surface area contributed by atoms with Gasteiger partial charge in [-0.1, -0.05) is 140 Å². The lowest BCUT2D eigenvalue weighted by atomic mass is 10.0. The van der Waals surface area contributed by atoms with E-state index in [1.807, 2.05) is 6.92 Å². The third-order valence-corrected chi connectivity index (χ3v) is 14.4. The summed E-state index contributed by atoms with van der Waals surface area (Å²) in [6, 6.07) is 0. The van der Waals surface area contributed by atoms with E-state index in [9.17, 15) is 14.0 Å². The Labute approximate surface area is 424 Å². The Hall–Kier alpha value is -2.86. The molecule has 0 aromatic carbocycles. The van der Waals surface area contributed by atoms with Crippen LogP contribution >= 0.6 is 15.6 Å². The van der Waals surface area contributed by atoms with Crippen molar-refractivity contribution in [3.8, 4) is 0 Å². The van der Waals surface area contributed by atoms with Gasteiger partial charge in [0.25, 0.3) is 0 Å². The van der Waals surface area contributed by atoms with Crippen molar-refractivity contribution in [2.45, 2.75) is 231 Å². The van der Waals surface area contributed by atoms with Gasteiger partial charge in [0.1, 0.15) is 0 Å².